The van der Waals surface area contributed by atoms with Crippen molar-refractivity contribution >= 4 is 5.97 Å². The molecule has 4 heteroatoms. The lowest BCUT2D eigenvalue weighted by Crippen LogP contribution is -2.04. The molecule has 0 N–H and O–H groups in total. The first-order valence-electron chi connectivity index (χ1n) is 9.01. The number of carbonyl (C=O) groups excluding carboxylic acids is 1. The fraction of sp³-hybridized carbons (Fsp3) is 0.409. The van der Waals surface area contributed by atoms with Crippen molar-refractivity contribution in [2.45, 2.75) is 53.4 Å². The van der Waals surface area contributed by atoms with Crippen LogP contribution in [0, 0.1) is 0 Å². The van der Waals surface area contributed by atoms with Crippen LogP contribution in [0.25, 0.3) is 0 Å². The van der Waals surface area contributed by atoms with Crippen LogP contribution in [0.5, 0.6) is 17.2 Å². The molecule has 4 nitrogen and oxygen atoms in total. The van der Waals surface area contributed by atoms with Crippen LogP contribution in [0.2, 0.25) is 0 Å². The number of ether oxygens (including phenoxy) is 3. The summed E-state index contributed by atoms with van der Waals surface area (Å²) in [6.45, 7) is 8.55. The highest BCUT2D eigenvalue weighted by atomic mass is 16.7. The van der Waals surface area contributed by atoms with Gasteiger partial charge in [-0.2, -0.15) is 0 Å². The van der Waals surface area contributed by atoms with Crippen LogP contribution in [0.15, 0.2) is 53.1 Å². The SMILES string of the molecule is CC(C)=CCC/C(C)=C/CC/C(C)=C/C(=O)Oc1ccc2c(c1)OCO2. The molecule has 1 aromatic carbocycles. The Bertz CT molecular complexity index is 722. The molecule has 1 aliphatic heterocycles. The summed E-state index contributed by atoms with van der Waals surface area (Å²) in [7, 11) is 0. The molecule has 1 aliphatic rings. The summed E-state index contributed by atoms with van der Waals surface area (Å²) in [6.07, 6.45) is 10.0. The van der Waals surface area contributed by atoms with Crippen LogP contribution in [0.3, 0.4) is 0 Å². The van der Waals surface area contributed by atoms with Gasteiger partial charge in [-0.1, -0.05) is 28.9 Å². The Morgan fingerprint density at radius 1 is 1.00 bits per heavy atom. The topological polar surface area (TPSA) is 44.8 Å². The van der Waals surface area contributed by atoms with Crippen LogP contribution in [-0.4, -0.2) is 12.8 Å². The fourth-order valence-electron chi connectivity index (χ4n) is 2.60. The third-order valence-corrected chi connectivity index (χ3v) is 4.05. The molecule has 0 aliphatic carbocycles. The summed E-state index contributed by atoms with van der Waals surface area (Å²) in [6, 6.07) is 5.11. The van der Waals surface area contributed by atoms with E-state index in [2.05, 4.69) is 32.9 Å². The van der Waals surface area contributed by atoms with Crippen LogP contribution >= 0.6 is 0 Å². The van der Waals surface area contributed by atoms with Crippen molar-refractivity contribution in [3.8, 4) is 17.2 Å². The molecule has 0 amide bonds. The largest absolute Gasteiger partial charge is 0.454 e. The Labute approximate surface area is 156 Å². The van der Waals surface area contributed by atoms with E-state index in [1.165, 1.54) is 11.1 Å². The summed E-state index contributed by atoms with van der Waals surface area (Å²) in [5, 5.41) is 0. The molecule has 26 heavy (non-hydrogen) atoms. The second-order valence-electron chi connectivity index (χ2n) is 6.84. The molecule has 1 heterocycles. The molecule has 1 aromatic rings. The predicted octanol–water partition coefficient (Wildman–Crippen LogP) is 5.74. The zero-order chi connectivity index (χ0) is 18.9. The summed E-state index contributed by atoms with van der Waals surface area (Å²) in [4.78, 5) is 12.0. The second-order valence-corrected chi connectivity index (χ2v) is 6.84. The third-order valence-electron chi connectivity index (χ3n) is 4.05. The standard InChI is InChI=1S/C22H28O4/c1-16(2)7-5-8-17(3)9-6-10-18(4)13-22(23)26-19-11-12-20-21(14-19)25-15-24-20/h7,9,11-14H,5-6,8,10,15H2,1-4H3/b17-9+,18-13+. The minimum atomic E-state index is -0.370. The highest BCUT2D eigenvalue weighted by Crippen LogP contribution is 2.35. The smallest absolute Gasteiger partial charge is 0.336 e. The van der Waals surface area contributed by atoms with Crippen molar-refractivity contribution in [1.29, 1.82) is 0 Å². The van der Waals surface area contributed by atoms with E-state index in [4.69, 9.17) is 14.2 Å². The van der Waals surface area contributed by atoms with Crippen LogP contribution < -0.4 is 14.2 Å². The number of esters is 1. The minimum absolute atomic E-state index is 0.201. The van der Waals surface area contributed by atoms with E-state index in [9.17, 15) is 4.79 Å². The van der Waals surface area contributed by atoms with Crippen LogP contribution in [0.1, 0.15) is 53.4 Å². The van der Waals surface area contributed by atoms with Crippen molar-refractivity contribution in [3.05, 3.63) is 53.1 Å². The van der Waals surface area contributed by atoms with Crippen molar-refractivity contribution < 1.29 is 19.0 Å². The van der Waals surface area contributed by atoms with Crippen LogP contribution in [-0.2, 0) is 4.79 Å². The maximum Gasteiger partial charge on any atom is 0.336 e. The Morgan fingerprint density at radius 2 is 1.69 bits per heavy atom. The molecule has 0 fully saturated rings. The monoisotopic (exact) mass is 356 g/mol. The predicted molar refractivity (Wildman–Crippen MR) is 104 cm³/mol. The molecule has 140 valence electrons. The second kappa shape index (κ2) is 9.85. The van der Waals surface area contributed by atoms with Gasteiger partial charge in [0.15, 0.2) is 11.5 Å². The number of hydrogen-bond acceptors (Lipinski definition) is 4. The first kappa shape index (κ1) is 19.8. The maximum absolute atomic E-state index is 12.0. The average molecular weight is 356 g/mol. The molecule has 0 spiro atoms. The van der Waals surface area contributed by atoms with E-state index < -0.39 is 0 Å². The molecule has 2 rings (SSSR count). The van der Waals surface area contributed by atoms with Gasteiger partial charge >= 0.3 is 5.97 Å². The van der Waals surface area contributed by atoms with Gasteiger partial charge in [0.05, 0.1) is 0 Å². The molecule has 0 saturated carbocycles. The summed E-state index contributed by atoms with van der Waals surface area (Å²) >= 11 is 0. The average Bonchev–Trinajstić information content (AvgIpc) is 3.02. The Kier molecular flexibility index (Phi) is 7.52. The summed E-state index contributed by atoms with van der Waals surface area (Å²) in [5.74, 6) is 1.36. The number of carbonyl (C=O) groups is 1. The van der Waals surface area contributed by atoms with Gasteiger partial charge in [0.25, 0.3) is 0 Å². The highest BCUT2D eigenvalue weighted by molar-refractivity contribution is 5.84. The van der Waals surface area contributed by atoms with E-state index in [0.717, 1.165) is 31.3 Å². The number of benzene rings is 1. The summed E-state index contributed by atoms with van der Waals surface area (Å²) in [5.41, 5.74) is 3.75. The molecular weight excluding hydrogens is 328 g/mol. The molecule has 0 unspecified atom stereocenters. The van der Waals surface area contributed by atoms with Gasteiger partial charge in [0.1, 0.15) is 5.75 Å². The minimum Gasteiger partial charge on any atom is -0.454 e. The zero-order valence-corrected chi connectivity index (χ0v) is 16.1. The van der Waals surface area contributed by atoms with E-state index in [0.29, 0.717) is 17.2 Å². The molecule has 0 bridgehead atoms. The number of fused-ring (bicyclic) bond motifs is 1. The van der Waals surface area contributed by atoms with Gasteiger partial charge in [-0.15, -0.1) is 0 Å². The van der Waals surface area contributed by atoms with E-state index in [1.54, 1.807) is 24.3 Å². The highest BCUT2D eigenvalue weighted by Gasteiger charge is 2.14. The van der Waals surface area contributed by atoms with E-state index >= 15 is 0 Å². The lowest BCUT2D eigenvalue weighted by Gasteiger charge is -2.04. The van der Waals surface area contributed by atoms with Gasteiger partial charge in [0.2, 0.25) is 6.79 Å². The normalized spacial score (nSPS) is 13.5. The van der Waals surface area contributed by atoms with Crippen molar-refractivity contribution in [2.75, 3.05) is 6.79 Å². The maximum atomic E-state index is 12.0. The van der Waals surface area contributed by atoms with Crippen molar-refractivity contribution in [1.82, 2.24) is 0 Å². The Hall–Kier alpha value is -2.49. The number of rotatable bonds is 8. The van der Waals surface area contributed by atoms with Gasteiger partial charge in [-0.3, -0.25) is 0 Å². The summed E-state index contributed by atoms with van der Waals surface area (Å²) < 4.78 is 15.9. The Balaban J connectivity index is 1.77. The van der Waals surface area contributed by atoms with Gasteiger partial charge in [-0.05, 0) is 65.5 Å². The quantitative estimate of drug-likeness (QED) is 0.258. The fourth-order valence-corrected chi connectivity index (χ4v) is 2.60. The Morgan fingerprint density at radius 3 is 2.46 bits per heavy atom. The lowest BCUT2D eigenvalue weighted by molar-refractivity contribution is -0.129. The third kappa shape index (κ3) is 6.79. The molecular formula is C22H28O4. The number of hydrogen-bond donors (Lipinski definition) is 0. The van der Waals surface area contributed by atoms with Gasteiger partial charge in [0, 0.05) is 12.1 Å². The molecule has 0 radical (unpaired) electrons. The van der Waals surface area contributed by atoms with Gasteiger partial charge in [-0.25, -0.2) is 4.79 Å². The number of allylic oxidation sites excluding steroid dienone is 5. The van der Waals surface area contributed by atoms with Crippen molar-refractivity contribution in [2.24, 2.45) is 0 Å². The first-order valence-corrected chi connectivity index (χ1v) is 9.01. The molecule has 0 atom stereocenters. The first-order chi connectivity index (χ1) is 12.4. The van der Waals surface area contributed by atoms with E-state index in [-0.39, 0.29) is 12.8 Å². The zero-order valence-electron chi connectivity index (χ0n) is 16.1. The van der Waals surface area contributed by atoms with Gasteiger partial charge < -0.3 is 14.2 Å². The molecule has 0 aromatic heterocycles. The van der Waals surface area contributed by atoms with Crippen LogP contribution in [0.4, 0.5) is 0 Å². The van der Waals surface area contributed by atoms with Crippen molar-refractivity contribution in [3.63, 3.8) is 0 Å². The lowest BCUT2D eigenvalue weighted by atomic mass is 10.1. The molecule has 0 saturated heterocycles. The van der Waals surface area contributed by atoms with E-state index in [1.807, 2.05) is 6.92 Å².